The summed E-state index contributed by atoms with van der Waals surface area (Å²) in [4.78, 5) is 19.6. The molecule has 0 bridgehead atoms. The Hall–Kier alpha value is -3.65. The molecule has 0 unspecified atom stereocenters. The van der Waals surface area contributed by atoms with Gasteiger partial charge in [-0.2, -0.15) is 0 Å². The lowest BCUT2D eigenvalue weighted by atomic mass is 10.1. The van der Waals surface area contributed by atoms with Crippen LogP contribution in [0, 0.1) is 0 Å². The first-order valence-corrected chi connectivity index (χ1v) is 13.3. The van der Waals surface area contributed by atoms with Crippen molar-refractivity contribution in [2.75, 3.05) is 23.3 Å². The summed E-state index contributed by atoms with van der Waals surface area (Å²) in [6.07, 6.45) is 7.28. The zero-order valence-electron chi connectivity index (χ0n) is 20.4. The highest BCUT2D eigenvalue weighted by Gasteiger charge is 2.21. The fraction of sp³-hybridized carbons (Fsp3) is 0.286. The molecule has 3 heterocycles. The van der Waals surface area contributed by atoms with Gasteiger partial charge in [-0.25, -0.2) is 0 Å². The molecule has 1 aliphatic heterocycles. The van der Waals surface area contributed by atoms with Crippen molar-refractivity contribution >= 4 is 29.0 Å². The van der Waals surface area contributed by atoms with Gasteiger partial charge < -0.3 is 10.2 Å². The van der Waals surface area contributed by atoms with E-state index in [2.05, 4.69) is 54.2 Å². The topological polar surface area (TPSA) is 75.9 Å². The number of anilines is 2. The number of thioether (sulfide) groups is 1. The summed E-state index contributed by atoms with van der Waals surface area (Å²) >= 11 is 1.41. The van der Waals surface area contributed by atoms with Gasteiger partial charge in [0.25, 0.3) is 0 Å². The number of amides is 1. The maximum Gasteiger partial charge on any atom is 0.237 e. The van der Waals surface area contributed by atoms with Crippen LogP contribution in [0.4, 0.5) is 11.4 Å². The van der Waals surface area contributed by atoms with Crippen LogP contribution in [0.15, 0.2) is 84.3 Å². The smallest absolute Gasteiger partial charge is 0.237 e. The molecule has 184 valence electrons. The van der Waals surface area contributed by atoms with E-state index in [1.54, 1.807) is 12.4 Å². The van der Waals surface area contributed by atoms with E-state index in [0.717, 1.165) is 35.7 Å². The van der Waals surface area contributed by atoms with E-state index in [1.807, 2.05) is 49.4 Å². The molecule has 1 saturated heterocycles. The normalized spacial score (nSPS) is 14.4. The number of pyridine rings is 1. The van der Waals surface area contributed by atoms with E-state index < -0.39 is 0 Å². The van der Waals surface area contributed by atoms with Gasteiger partial charge in [0, 0.05) is 42.4 Å². The average Bonchev–Trinajstić information content (AvgIpc) is 3.32. The molecule has 1 fully saturated rings. The third-order valence-electron chi connectivity index (χ3n) is 6.35. The molecule has 0 radical (unpaired) electrons. The van der Waals surface area contributed by atoms with Crippen LogP contribution in [0.3, 0.4) is 0 Å². The second-order valence-corrected chi connectivity index (χ2v) is 10.3. The van der Waals surface area contributed by atoms with Crippen LogP contribution >= 0.6 is 11.8 Å². The van der Waals surface area contributed by atoms with Crippen LogP contribution in [0.1, 0.15) is 31.7 Å². The zero-order chi connectivity index (χ0) is 24.7. The van der Waals surface area contributed by atoms with E-state index >= 15 is 0 Å². The minimum Gasteiger partial charge on any atom is -0.372 e. The quantitative estimate of drug-likeness (QED) is 0.324. The van der Waals surface area contributed by atoms with Crippen LogP contribution in [-0.4, -0.2) is 44.0 Å². The fourth-order valence-corrected chi connectivity index (χ4v) is 5.21. The van der Waals surface area contributed by atoms with Crippen LogP contribution < -0.4 is 10.2 Å². The van der Waals surface area contributed by atoms with Crippen LogP contribution in [-0.2, 0) is 11.3 Å². The highest BCUT2D eigenvalue weighted by atomic mass is 32.2. The molecule has 0 aliphatic carbocycles. The Balaban J connectivity index is 1.29. The second-order valence-electron chi connectivity index (χ2n) is 8.96. The van der Waals surface area contributed by atoms with E-state index in [1.165, 1.54) is 36.7 Å². The van der Waals surface area contributed by atoms with Crippen molar-refractivity contribution < 1.29 is 4.79 Å². The third-order valence-corrected chi connectivity index (χ3v) is 7.43. The molecule has 0 spiro atoms. The summed E-state index contributed by atoms with van der Waals surface area (Å²) in [6, 6.07) is 22.2. The van der Waals surface area contributed by atoms with Gasteiger partial charge in [-0.1, -0.05) is 42.1 Å². The van der Waals surface area contributed by atoms with Crippen LogP contribution in [0.5, 0.6) is 0 Å². The standard InChI is InChI=1S/C28H30N6OS/c1-21(27(35)30-24-10-12-25(13-11-24)33-18-6-3-7-19-33)36-28-32-31-26(23-14-16-29-17-15-23)34(28)20-22-8-4-2-5-9-22/h2,4-5,8-17,21H,3,6-7,18-20H2,1H3,(H,30,35)/t21-/m0/s1. The van der Waals surface area contributed by atoms with E-state index in [4.69, 9.17) is 0 Å². The lowest BCUT2D eigenvalue weighted by Gasteiger charge is -2.28. The predicted molar refractivity (Wildman–Crippen MR) is 145 cm³/mol. The summed E-state index contributed by atoms with van der Waals surface area (Å²) in [6.45, 7) is 4.71. The summed E-state index contributed by atoms with van der Waals surface area (Å²) < 4.78 is 2.06. The molecule has 5 rings (SSSR count). The van der Waals surface area contributed by atoms with Gasteiger partial charge in [0.05, 0.1) is 11.8 Å². The monoisotopic (exact) mass is 498 g/mol. The summed E-state index contributed by atoms with van der Waals surface area (Å²) in [7, 11) is 0. The van der Waals surface area contributed by atoms with Crippen molar-refractivity contribution in [3.05, 3.63) is 84.7 Å². The number of rotatable bonds is 8. The van der Waals surface area contributed by atoms with Crippen molar-refractivity contribution in [1.82, 2.24) is 19.7 Å². The Morgan fingerprint density at radius 3 is 2.39 bits per heavy atom. The number of piperidine rings is 1. The Kier molecular flexibility index (Phi) is 7.61. The highest BCUT2D eigenvalue weighted by molar-refractivity contribution is 8.00. The summed E-state index contributed by atoms with van der Waals surface area (Å²) in [5, 5.41) is 12.3. The number of carbonyl (C=O) groups is 1. The van der Waals surface area contributed by atoms with Gasteiger partial charge in [0.15, 0.2) is 11.0 Å². The molecule has 8 heteroatoms. The molecule has 1 atom stereocenters. The molecular formula is C28H30N6OS. The van der Waals surface area contributed by atoms with Gasteiger partial charge in [0.2, 0.25) is 5.91 Å². The Bertz CT molecular complexity index is 1270. The molecular weight excluding hydrogens is 468 g/mol. The number of nitrogens with one attached hydrogen (secondary N) is 1. The van der Waals surface area contributed by atoms with E-state index in [9.17, 15) is 4.79 Å². The largest absolute Gasteiger partial charge is 0.372 e. The predicted octanol–water partition coefficient (Wildman–Crippen LogP) is 5.50. The Morgan fingerprint density at radius 2 is 1.67 bits per heavy atom. The molecule has 1 aliphatic rings. The molecule has 1 amide bonds. The van der Waals surface area contributed by atoms with Gasteiger partial charge in [0.1, 0.15) is 0 Å². The molecule has 7 nitrogen and oxygen atoms in total. The maximum absolute atomic E-state index is 13.0. The minimum atomic E-state index is -0.351. The summed E-state index contributed by atoms with van der Waals surface area (Å²) in [5.41, 5.74) is 4.09. The molecule has 4 aromatic rings. The van der Waals surface area contributed by atoms with Crippen molar-refractivity contribution in [3.63, 3.8) is 0 Å². The molecule has 1 N–H and O–H groups in total. The van der Waals surface area contributed by atoms with Crippen molar-refractivity contribution in [3.8, 4) is 11.4 Å². The van der Waals surface area contributed by atoms with Crippen molar-refractivity contribution in [1.29, 1.82) is 0 Å². The van der Waals surface area contributed by atoms with Crippen molar-refractivity contribution in [2.24, 2.45) is 0 Å². The first kappa shape index (κ1) is 24.1. The van der Waals surface area contributed by atoms with Gasteiger partial charge in [-0.3, -0.25) is 14.3 Å². The first-order valence-electron chi connectivity index (χ1n) is 12.4. The second kappa shape index (κ2) is 11.4. The van der Waals surface area contributed by atoms with Crippen LogP contribution in [0.2, 0.25) is 0 Å². The number of benzene rings is 2. The fourth-order valence-electron chi connectivity index (χ4n) is 4.36. The molecule has 2 aromatic heterocycles. The van der Waals surface area contributed by atoms with Gasteiger partial charge in [-0.15, -0.1) is 10.2 Å². The number of carbonyl (C=O) groups excluding carboxylic acids is 1. The molecule has 2 aromatic carbocycles. The third kappa shape index (κ3) is 5.76. The lowest BCUT2D eigenvalue weighted by Crippen LogP contribution is -2.29. The summed E-state index contributed by atoms with van der Waals surface area (Å²) in [5.74, 6) is 0.690. The number of hydrogen-bond donors (Lipinski definition) is 1. The number of hydrogen-bond acceptors (Lipinski definition) is 6. The zero-order valence-corrected chi connectivity index (χ0v) is 21.2. The van der Waals surface area contributed by atoms with Gasteiger partial charge in [-0.05, 0) is 68.1 Å². The number of nitrogens with zero attached hydrogens (tertiary/aromatic N) is 5. The first-order chi connectivity index (χ1) is 17.7. The molecule has 36 heavy (non-hydrogen) atoms. The molecule has 0 saturated carbocycles. The van der Waals surface area contributed by atoms with Crippen molar-refractivity contribution in [2.45, 2.75) is 43.1 Å². The minimum absolute atomic E-state index is 0.0644. The maximum atomic E-state index is 13.0. The van der Waals surface area contributed by atoms with E-state index in [-0.39, 0.29) is 11.2 Å². The lowest BCUT2D eigenvalue weighted by molar-refractivity contribution is -0.115. The average molecular weight is 499 g/mol. The SMILES string of the molecule is C[C@H](Sc1nnc(-c2ccncc2)n1Cc1ccccc1)C(=O)Nc1ccc(N2CCCCC2)cc1. The highest BCUT2D eigenvalue weighted by Crippen LogP contribution is 2.29. The van der Waals surface area contributed by atoms with E-state index in [0.29, 0.717) is 11.7 Å². The Morgan fingerprint density at radius 1 is 0.944 bits per heavy atom. The number of aromatic nitrogens is 4. The van der Waals surface area contributed by atoms with Gasteiger partial charge >= 0.3 is 0 Å². The van der Waals surface area contributed by atoms with Crippen LogP contribution in [0.25, 0.3) is 11.4 Å². The Labute approximate surface area is 216 Å².